The van der Waals surface area contributed by atoms with Crippen LogP contribution in [0.25, 0.3) is 0 Å². The second kappa shape index (κ2) is 7.31. The van der Waals surface area contributed by atoms with Gasteiger partial charge in [-0.15, -0.1) is 0 Å². The number of halogens is 1. The summed E-state index contributed by atoms with van der Waals surface area (Å²) in [6.45, 7) is 3.67. The molecule has 0 aliphatic heterocycles. The van der Waals surface area contributed by atoms with Crippen LogP contribution in [0.15, 0.2) is 18.2 Å². The van der Waals surface area contributed by atoms with E-state index < -0.39 is 4.92 Å². The van der Waals surface area contributed by atoms with Crippen molar-refractivity contribution in [2.24, 2.45) is 0 Å². The number of rotatable bonds is 7. The van der Waals surface area contributed by atoms with Gasteiger partial charge in [-0.1, -0.05) is 24.6 Å². The smallest absolute Gasteiger partial charge is 0.275 e. The maximum absolute atomic E-state index is 11.0. The maximum Gasteiger partial charge on any atom is 0.275 e. The lowest BCUT2D eigenvalue weighted by Gasteiger charge is -2.20. The molecule has 0 unspecified atom stereocenters. The molecule has 0 bridgehead atoms. The summed E-state index contributed by atoms with van der Waals surface area (Å²) < 4.78 is 0. The van der Waals surface area contributed by atoms with Crippen molar-refractivity contribution in [3.8, 4) is 0 Å². The van der Waals surface area contributed by atoms with Crippen LogP contribution in [0.4, 0.5) is 5.69 Å². The number of nitrogens with zero attached hydrogens (tertiary/aromatic N) is 2. The van der Waals surface area contributed by atoms with Gasteiger partial charge in [-0.2, -0.15) is 0 Å². The molecule has 0 amide bonds. The van der Waals surface area contributed by atoms with Crippen molar-refractivity contribution < 1.29 is 10.0 Å². The first kappa shape index (κ1) is 14.9. The summed E-state index contributed by atoms with van der Waals surface area (Å²) in [5.74, 6) is 0. The summed E-state index contributed by atoms with van der Waals surface area (Å²) >= 11 is 6.02. The van der Waals surface area contributed by atoms with E-state index in [1.165, 1.54) is 6.07 Å². The van der Waals surface area contributed by atoms with Crippen LogP contribution in [0, 0.1) is 10.1 Å². The van der Waals surface area contributed by atoms with E-state index in [2.05, 4.69) is 0 Å². The van der Waals surface area contributed by atoms with Gasteiger partial charge >= 0.3 is 0 Å². The molecule has 0 aliphatic rings. The molecule has 5 nitrogen and oxygen atoms in total. The minimum atomic E-state index is -0.426. The number of nitro groups is 1. The third-order valence-electron chi connectivity index (χ3n) is 2.63. The number of aliphatic hydroxyl groups is 1. The Balaban J connectivity index is 2.96. The normalized spacial score (nSPS) is 10.9. The van der Waals surface area contributed by atoms with E-state index in [-0.39, 0.29) is 12.3 Å². The molecular weight excluding hydrogens is 256 g/mol. The lowest BCUT2D eigenvalue weighted by atomic mass is 10.1. The van der Waals surface area contributed by atoms with Crippen LogP contribution < -0.4 is 0 Å². The fourth-order valence-electron chi connectivity index (χ4n) is 1.83. The third-order valence-corrected chi connectivity index (χ3v) is 2.98. The van der Waals surface area contributed by atoms with Gasteiger partial charge in [-0.05, 0) is 19.0 Å². The molecule has 0 saturated heterocycles. The maximum atomic E-state index is 11.0. The fraction of sp³-hybridized carbons (Fsp3) is 0.500. The number of aliphatic hydroxyl groups excluding tert-OH is 1. The summed E-state index contributed by atoms with van der Waals surface area (Å²) in [5.41, 5.74) is 0.535. The Morgan fingerprint density at radius 2 is 2.17 bits per heavy atom. The molecule has 0 aliphatic carbocycles. The number of hydrogen-bond acceptors (Lipinski definition) is 4. The average molecular weight is 273 g/mol. The highest BCUT2D eigenvalue weighted by molar-refractivity contribution is 6.31. The Labute approximate surface area is 111 Å². The fourth-order valence-corrected chi connectivity index (χ4v) is 2.06. The summed E-state index contributed by atoms with van der Waals surface area (Å²) in [4.78, 5) is 12.5. The van der Waals surface area contributed by atoms with Gasteiger partial charge in [0, 0.05) is 19.2 Å². The zero-order valence-electron chi connectivity index (χ0n) is 10.3. The van der Waals surface area contributed by atoms with Crippen molar-refractivity contribution in [3.05, 3.63) is 38.9 Å². The van der Waals surface area contributed by atoms with E-state index in [4.69, 9.17) is 16.7 Å². The molecule has 0 saturated carbocycles. The monoisotopic (exact) mass is 272 g/mol. The SMILES string of the molecule is CCCN(CCO)Cc1c(Cl)cccc1[N+](=O)[O-]. The summed E-state index contributed by atoms with van der Waals surface area (Å²) in [5, 5.41) is 20.3. The Bertz CT molecular complexity index is 406. The van der Waals surface area contributed by atoms with Crippen molar-refractivity contribution in [3.63, 3.8) is 0 Å². The average Bonchev–Trinajstić information content (AvgIpc) is 2.32. The first-order valence-corrected chi connectivity index (χ1v) is 6.23. The Morgan fingerprint density at radius 3 is 2.72 bits per heavy atom. The predicted octanol–water partition coefficient (Wildman–Crippen LogP) is 2.45. The highest BCUT2D eigenvalue weighted by Crippen LogP contribution is 2.27. The van der Waals surface area contributed by atoms with Gasteiger partial charge in [0.25, 0.3) is 5.69 Å². The van der Waals surface area contributed by atoms with E-state index >= 15 is 0 Å². The van der Waals surface area contributed by atoms with Crippen LogP contribution in [0.1, 0.15) is 18.9 Å². The van der Waals surface area contributed by atoms with Crippen LogP contribution in [0.3, 0.4) is 0 Å². The zero-order valence-corrected chi connectivity index (χ0v) is 11.1. The quantitative estimate of drug-likeness (QED) is 0.612. The van der Waals surface area contributed by atoms with Crippen LogP contribution in [-0.2, 0) is 6.54 Å². The van der Waals surface area contributed by atoms with Gasteiger partial charge in [-0.25, -0.2) is 0 Å². The largest absolute Gasteiger partial charge is 0.395 e. The lowest BCUT2D eigenvalue weighted by Crippen LogP contribution is -2.27. The van der Waals surface area contributed by atoms with Crippen LogP contribution in [0.5, 0.6) is 0 Å². The molecule has 1 rings (SSSR count). The van der Waals surface area contributed by atoms with Gasteiger partial charge in [0.1, 0.15) is 0 Å². The van der Waals surface area contributed by atoms with Crippen molar-refractivity contribution in [2.75, 3.05) is 19.7 Å². The molecule has 100 valence electrons. The third kappa shape index (κ3) is 3.94. The molecule has 0 radical (unpaired) electrons. The van der Waals surface area contributed by atoms with E-state index in [9.17, 15) is 10.1 Å². The Kier molecular flexibility index (Phi) is 6.04. The van der Waals surface area contributed by atoms with Gasteiger partial charge < -0.3 is 5.11 Å². The topological polar surface area (TPSA) is 66.6 Å². The molecule has 1 N–H and O–H groups in total. The Morgan fingerprint density at radius 1 is 1.44 bits per heavy atom. The van der Waals surface area contributed by atoms with Crippen LogP contribution >= 0.6 is 11.6 Å². The van der Waals surface area contributed by atoms with Gasteiger partial charge in [0.05, 0.1) is 22.1 Å². The highest BCUT2D eigenvalue weighted by atomic mass is 35.5. The molecule has 6 heteroatoms. The first-order chi connectivity index (χ1) is 8.60. The lowest BCUT2D eigenvalue weighted by molar-refractivity contribution is -0.385. The van der Waals surface area contributed by atoms with E-state index in [1.54, 1.807) is 12.1 Å². The second-order valence-electron chi connectivity index (χ2n) is 3.99. The molecule has 0 heterocycles. The predicted molar refractivity (Wildman–Crippen MR) is 70.8 cm³/mol. The minimum Gasteiger partial charge on any atom is -0.395 e. The molecule has 0 fully saturated rings. The number of benzene rings is 1. The van der Waals surface area contributed by atoms with E-state index in [0.29, 0.717) is 23.7 Å². The van der Waals surface area contributed by atoms with Crippen molar-refractivity contribution >= 4 is 17.3 Å². The molecule has 0 aromatic heterocycles. The molecule has 0 atom stereocenters. The summed E-state index contributed by atoms with van der Waals surface area (Å²) in [6.07, 6.45) is 0.915. The van der Waals surface area contributed by atoms with Gasteiger partial charge in [0.2, 0.25) is 0 Å². The van der Waals surface area contributed by atoms with Crippen LogP contribution in [-0.4, -0.2) is 34.6 Å². The molecule has 0 spiro atoms. The molecular formula is C12H17ClN2O3. The van der Waals surface area contributed by atoms with Crippen molar-refractivity contribution in [1.29, 1.82) is 0 Å². The Hall–Kier alpha value is -1.17. The van der Waals surface area contributed by atoms with E-state index in [0.717, 1.165) is 13.0 Å². The summed E-state index contributed by atoms with van der Waals surface area (Å²) in [6, 6.07) is 4.66. The minimum absolute atomic E-state index is 0.0260. The standard InChI is InChI=1S/C12H17ClN2O3/c1-2-6-14(7-8-16)9-10-11(13)4-3-5-12(10)15(17)18/h3-5,16H,2,6-9H2,1H3. The van der Waals surface area contributed by atoms with Crippen molar-refractivity contribution in [2.45, 2.75) is 19.9 Å². The molecule has 1 aromatic carbocycles. The second-order valence-corrected chi connectivity index (χ2v) is 4.40. The van der Waals surface area contributed by atoms with E-state index in [1.807, 2.05) is 11.8 Å². The first-order valence-electron chi connectivity index (χ1n) is 5.85. The van der Waals surface area contributed by atoms with Crippen LogP contribution in [0.2, 0.25) is 5.02 Å². The summed E-state index contributed by atoms with van der Waals surface area (Å²) in [7, 11) is 0. The molecule has 18 heavy (non-hydrogen) atoms. The number of hydrogen-bond donors (Lipinski definition) is 1. The van der Waals surface area contributed by atoms with Crippen molar-refractivity contribution in [1.82, 2.24) is 4.90 Å². The molecule has 1 aromatic rings. The zero-order chi connectivity index (χ0) is 13.5. The highest BCUT2D eigenvalue weighted by Gasteiger charge is 2.18. The van der Waals surface area contributed by atoms with Gasteiger partial charge in [-0.3, -0.25) is 15.0 Å². The van der Waals surface area contributed by atoms with Gasteiger partial charge in [0.15, 0.2) is 0 Å². The number of nitro benzene ring substituents is 1.